The van der Waals surface area contributed by atoms with Crippen molar-refractivity contribution in [3.05, 3.63) is 59.8 Å². The summed E-state index contributed by atoms with van der Waals surface area (Å²) in [4.78, 5) is 4.29. The molecule has 5 heteroatoms. The van der Waals surface area contributed by atoms with Crippen LogP contribution in [-0.4, -0.2) is 19.6 Å². The lowest BCUT2D eigenvalue weighted by atomic mass is 10.2. The number of hydrogen-bond donors (Lipinski definition) is 0. The third kappa shape index (κ3) is 2.29. The molecule has 5 nitrogen and oxygen atoms in total. The van der Waals surface area contributed by atoms with Crippen molar-refractivity contribution < 1.29 is 0 Å². The predicted octanol–water partition coefficient (Wildman–Crippen LogP) is 1.78. The number of aryl methyl sites for hydroxylation is 2. The standard InChI is InChI=1S/C14H11N5/c15-10-11-6-8-19-13(17-18-14(19)9-11)5-4-12-3-1-2-7-16-12/h1-3,6-9H,4-5H2. The first kappa shape index (κ1) is 11.4. The van der Waals surface area contributed by atoms with E-state index in [-0.39, 0.29) is 0 Å². The summed E-state index contributed by atoms with van der Waals surface area (Å²) in [5.41, 5.74) is 2.33. The van der Waals surface area contributed by atoms with Gasteiger partial charge in [-0.05, 0) is 24.6 Å². The molecule has 0 bridgehead atoms. The van der Waals surface area contributed by atoms with Crippen molar-refractivity contribution in [1.82, 2.24) is 19.6 Å². The van der Waals surface area contributed by atoms with Crippen LogP contribution < -0.4 is 0 Å². The highest BCUT2D eigenvalue weighted by molar-refractivity contribution is 5.45. The maximum atomic E-state index is 8.84. The summed E-state index contributed by atoms with van der Waals surface area (Å²) in [6.45, 7) is 0. The van der Waals surface area contributed by atoms with Gasteiger partial charge in [-0.3, -0.25) is 9.38 Å². The van der Waals surface area contributed by atoms with Crippen LogP contribution in [0.2, 0.25) is 0 Å². The van der Waals surface area contributed by atoms with Gasteiger partial charge >= 0.3 is 0 Å². The van der Waals surface area contributed by atoms with Crippen LogP contribution in [0.4, 0.5) is 0 Å². The highest BCUT2D eigenvalue weighted by Gasteiger charge is 2.06. The lowest BCUT2D eigenvalue weighted by Gasteiger charge is -2.00. The molecule has 0 atom stereocenters. The van der Waals surface area contributed by atoms with Crippen LogP contribution in [0.5, 0.6) is 0 Å². The Morgan fingerprint density at radius 3 is 2.89 bits per heavy atom. The fourth-order valence-electron chi connectivity index (χ4n) is 1.97. The summed E-state index contributed by atoms with van der Waals surface area (Å²) in [6, 6.07) is 11.5. The first-order valence-electron chi connectivity index (χ1n) is 6.00. The molecular weight excluding hydrogens is 238 g/mol. The molecule has 0 aliphatic carbocycles. The van der Waals surface area contributed by atoms with Crippen molar-refractivity contribution in [2.75, 3.05) is 0 Å². The van der Waals surface area contributed by atoms with Crippen LogP contribution in [0, 0.1) is 11.3 Å². The number of nitriles is 1. The van der Waals surface area contributed by atoms with Crippen LogP contribution in [0.15, 0.2) is 42.7 Å². The van der Waals surface area contributed by atoms with Crippen LogP contribution in [-0.2, 0) is 12.8 Å². The van der Waals surface area contributed by atoms with Crippen LogP contribution in [0.3, 0.4) is 0 Å². The molecule has 0 saturated carbocycles. The molecule has 0 aliphatic rings. The van der Waals surface area contributed by atoms with E-state index in [9.17, 15) is 0 Å². The first-order chi connectivity index (χ1) is 9.36. The first-order valence-corrected chi connectivity index (χ1v) is 6.00. The molecule has 0 spiro atoms. The summed E-state index contributed by atoms with van der Waals surface area (Å²) in [7, 11) is 0. The maximum Gasteiger partial charge on any atom is 0.162 e. The van der Waals surface area contributed by atoms with Gasteiger partial charge in [-0.1, -0.05) is 6.07 Å². The number of fused-ring (bicyclic) bond motifs is 1. The van der Waals surface area contributed by atoms with E-state index in [4.69, 9.17) is 5.26 Å². The molecule has 0 saturated heterocycles. The topological polar surface area (TPSA) is 66.9 Å². The Labute approximate surface area is 110 Å². The molecule has 0 aliphatic heterocycles. The quantitative estimate of drug-likeness (QED) is 0.709. The van der Waals surface area contributed by atoms with Crippen LogP contribution >= 0.6 is 0 Å². The van der Waals surface area contributed by atoms with Gasteiger partial charge in [0.15, 0.2) is 5.65 Å². The molecule has 3 heterocycles. The highest BCUT2D eigenvalue weighted by Crippen LogP contribution is 2.08. The number of pyridine rings is 2. The van der Waals surface area contributed by atoms with E-state index in [1.54, 1.807) is 18.3 Å². The van der Waals surface area contributed by atoms with E-state index < -0.39 is 0 Å². The smallest absolute Gasteiger partial charge is 0.162 e. The lowest BCUT2D eigenvalue weighted by molar-refractivity contribution is 0.820. The zero-order valence-corrected chi connectivity index (χ0v) is 10.2. The SMILES string of the molecule is N#Cc1ccn2c(CCc3ccccn3)nnc2c1. The molecule has 0 fully saturated rings. The molecule has 0 radical (unpaired) electrons. The third-order valence-corrected chi connectivity index (χ3v) is 2.94. The van der Waals surface area contributed by atoms with E-state index in [1.165, 1.54) is 0 Å². The molecule has 3 rings (SSSR count). The molecule has 19 heavy (non-hydrogen) atoms. The third-order valence-electron chi connectivity index (χ3n) is 2.94. The van der Waals surface area contributed by atoms with Gasteiger partial charge in [0.1, 0.15) is 5.82 Å². The fraction of sp³-hybridized carbons (Fsp3) is 0.143. The summed E-state index contributed by atoms with van der Waals surface area (Å²) < 4.78 is 1.91. The van der Waals surface area contributed by atoms with Gasteiger partial charge in [0.2, 0.25) is 0 Å². The molecule has 0 amide bonds. The van der Waals surface area contributed by atoms with E-state index in [0.717, 1.165) is 24.4 Å². The minimum absolute atomic E-state index is 0.594. The minimum Gasteiger partial charge on any atom is -0.286 e. The average molecular weight is 249 g/mol. The highest BCUT2D eigenvalue weighted by atomic mass is 15.2. The summed E-state index contributed by atoms with van der Waals surface area (Å²) in [5, 5.41) is 17.1. The van der Waals surface area contributed by atoms with Gasteiger partial charge in [-0.2, -0.15) is 5.26 Å². The Hall–Kier alpha value is -2.74. The molecule has 0 unspecified atom stereocenters. The second-order valence-electron chi connectivity index (χ2n) is 4.19. The summed E-state index contributed by atoms with van der Waals surface area (Å²) >= 11 is 0. The number of hydrogen-bond acceptors (Lipinski definition) is 4. The maximum absolute atomic E-state index is 8.84. The van der Waals surface area contributed by atoms with Crippen LogP contribution in [0.1, 0.15) is 17.1 Å². The second-order valence-corrected chi connectivity index (χ2v) is 4.19. The largest absolute Gasteiger partial charge is 0.286 e. The van der Waals surface area contributed by atoms with E-state index in [0.29, 0.717) is 11.2 Å². The van der Waals surface area contributed by atoms with E-state index >= 15 is 0 Å². The Bertz CT molecular complexity index is 739. The molecule has 0 aromatic carbocycles. The second kappa shape index (κ2) is 4.86. The Morgan fingerprint density at radius 2 is 2.11 bits per heavy atom. The Balaban J connectivity index is 1.84. The van der Waals surface area contributed by atoms with Gasteiger partial charge in [-0.15, -0.1) is 10.2 Å². The molecule has 3 aromatic rings. The van der Waals surface area contributed by atoms with E-state index in [1.807, 2.05) is 28.8 Å². The van der Waals surface area contributed by atoms with Gasteiger partial charge in [0, 0.05) is 30.6 Å². The Morgan fingerprint density at radius 1 is 1.16 bits per heavy atom. The predicted molar refractivity (Wildman–Crippen MR) is 69.3 cm³/mol. The van der Waals surface area contributed by atoms with Crippen LogP contribution in [0.25, 0.3) is 5.65 Å². The van der Waals surface area contributed by atoms with Crippen molar-refractivity contribution in [2.24, 2.45) is 0 Å². The number of nitrogens with zero attached hydrogens (tertiary/aromatic N) is 5. The number of aromatic nitrogens is 4. The Kier molecular flexibility index (Phi) is 2.91. The molecule has 0 N–H and O–H groups in total. The van der Waals surface area contributed by atoms with Crippen molar-refractivity contribution in [3.63, 3.8) is 0 Å². The summed E-state index contributed by atoms with van der Waals surface area (Å²) in [5.74, 6) is 0.880. The normalized spacial score (nSPS) is 10.5. The molecule has 3 aromatic heterocycles. The van der Waals surface area contributed by atoms with Crippen molar-refractivity contribution >= 4 is 5.65 Å². The summed E-state index contributed by atoms with van der Waals surface area (Å²) in [6.07, 6.45) is 5.21. The fourth-order valence-corrected chi connectivity index (χ4v) is 1.97. The van der Waals surface area contributed by atoms with Gasteiger partial charge in [0.05, 0.1) is 11.6 Å². The zero-order chi connectivity index (χ0) is 13.1. The monoisotopic (exact) mass is 249 g/mol. The average Bonchev–Trinajstić information content (AvgIpc) is 2.88. The van der Waals surface area contributed by atoms with E-state index in [2.05, 4.69) is 21.3 Å². The van der Waals surface area contributed by atoms with Crippen molar-refractivity contribution in [3.8, 4) is 6.07 Å². The number of rotatable bonds is 3. The zero-order valence-electron chi connectivity index (χ0n) is 10.2. The van der Waals surface area contributed by atoms with Gasteiger partial charge in [0.25, 0.3) is 0 Å². The molecular formula is C14H11N5. The molecule has 92 valence electrons. The van der Waals surface area contributed by atoms with Crippen molar-refractivity contribution in [2.45, 2.75) is 12.8 Å². The van der Waals surface area contributed by atoms with Gasteiger partial charge < -0.3 is 0 Å². The minimum atomic E-state index is 0.594. The van der Waals surface area contributed by atoms with Crippen molar-refractivity contribution in [1.29, 1.82) is 5.26 Å². The lowest BCUT2D eigenvalue weighted by Crippen LogP contribution is -1.99. The van der Waals surface area contributed by atoms with Gasteiger partial charge in [-0.25, -0.2) is 0 Å².